The van der Waals surface area contributed by atoms with Crippen molar-refractivity contribution in [2.24, 2.45) is 0 Å². The second-order valence-corrected chi connectivity index (χ2v) is 7.63. The number of nitrogens with two attached hydrogens (primary N) is 1. The molecule has 5 rings (SSSR count). The minimum atomic E-state index is -0.430. The fourth-order valence-electron chi connectivity index (χ4n) is 3.54. The summed E-state index contributed by atoms with van der Waals surface area (Å²) in [4.78, 5) is 29.7. The molecule has 0 unspecified atom stereocenters. The summed E-state index contributed by atoms with van der Waals surface area (Å²) >= 11 is 0. The van der Waals surface area contributed by atoms with Crippen LogP contribution in [0.25, 0.3) is 17.0 Å². The molecule has 2 aromatic heterocycles. The molecule has 0 radical (unpaired) electrons. The molecule has 0 atom stereocenters. The zero-order chi connectivity index (χ0) is 24.4. The van der Waals surface area contributed by atoms with Gasteiger partial charge in [-0.2, -0.15) is 15.0 Å². The molecule has 0 fully saturated rings. The van der Waals surface area contributed by atoms with Crippen molar-refractivity contribution in [3.8, 4) is 11.7 Å². The number of aromatic nitrogens is 5. The highest BCUT2D eigenvalue weighted by molar-refractivity contribution is 6.00. The van der Waals surface area contributed by atoms with E-state index in [2.05, 4.69) is 35.9 Å². The number of nitrogens with zero attached hydrogens (tertiary/aromatic N) is 5. The Kier molecular flexibility index (Phi) is 5.55. The second kappa shape index (κ2) is 8.98. The zero-order valence-corrected chi connectivity index (χ0v) is 18.6. The number of benzene rings is 3. The number of fused-ring (bicyclic) bond motifs is 1. The molecule has 3 aromatic carbocycles. The first-order chi connectivity index (χ1) is 16.9. The third kappa shape index (κ3) is 4.78. The topological polar surface area (TPSA) is 156 Å². The smallest absolute Gasteiger partial charge is 0.323 e. The van der Waals surface area contributed by atoms with Crippen LogP contribution in [0.5, 0.6) is 5.75 Å². The average molecular weight is 467 g/mol. The van der Waals surface area contributed by atoms with E-state index in [-0.39, 0.29) is 11.7 Å². The Hall–Kier alpha value is -5.19. The van der Waals surface area contributed by atoms with Gasteiger partial charge in [0.05, 0.1) is 11.0 Å². The minimum absolute atomic E-state index is 0.0688. The van der Waals surface area contributed by atoms with E-state index in [9.17, 15) is 9.90 Å². The van der Waals surface area contributed by atoms with Gasteiger partial charge in [-0.25, -0.2) is 14.3 Å². The van der Waals surface area contributed by atoms with Gasteiger partial charge in [0.25, 0.3) is 0 Å². The van der Waals surface area contributed by atoms with Crippen molar-refractivity contribution in [2.45, 2.75) is 6.92 Å². The van der Waals surface area contributed by atoms with Crippen LogP contribution >= 0.6 is 0 Å². The Balaban J connectivity index is 1.37. The number of aryl methyl sites for hydroxylation is 1. The van der Waals surface area contributed by atoms with Crippen LogP contribution in [-0.2, 0) is 0 Å². The standard InChI is InChI=1S/C24H21N9O2/c1-14-26-21(25)32-22(27-14)33-20-8-3-2-7-19(20)31-23(33)28-15-9-11-16(12-10-15)29-24(35)30-17-5-4-6-18(34)13-17/h2-13,34H,1H3,(H,28,31)(H2,29,30,35)(H2,25,26,27,32). The normalized spacial score (nSPS) is 10.8. The molecule has 35 heavy (non-hydrogen) atoms. The number of aromatic hydroxyl groups is 1. The number of hydrogen-bond acceptors (Lipinski definition) is 8. The van der Waals surface area contributed by atoms with Crippen LogP contribution in [0.4, 0.5) is 33.8 Å². The Morgan fingerprint density at radius 2 is 1.60 bits per heavy atom. The van der Waals surface area contributed by atoms with E-state index in [4.69, 9.17) is 5.73 Å². The Bertz CT molecular complexity index is 1510. The lowest BCUT2D eigenvalue weighted by molar-refractivity contribution is 0.262. The largest absolute Gasteiger partial charge is 0.508 e. The summed E-state index contributed by atoms with van der Waals surface area (Å²) in [6.45, 7) is 1.75. The van der Waals surface area contributed by atoms with Crippen LogP contribution in [-0.4, -0.2) is 35.6 Å². The summed E-state index contributed by atoms with van der Waals surface area (Å²) in [7, 11) is 0. The van der Waals surface area contributed by atoms with Crippen molar-refractivity contribution in [1.82, 2.24) is 24.5 Å². The number of phenols is 1. The third-order valence-electron chi connectivity index (χ3n) is 5.02. The maximum atomic E-state index is 12.3. The number of imidazole rings is 1. The first-order valence-corrected chi connectivity index (χ1v) is 10.6. The lowest BCUT2D eigenvalue weighted by Crippen LogP contribution is -2.19. The molecule has 0 saturated carbocycles. The predicted octanol–water partition coefficient (Wildman–Crippen LogP) is 4.19. The molecule has 0 aliphatic rings. The van der Waals surface area contributed by atoms with Crippen molar-refractivity contribution in [3.63, 3.8) is 0 Å². The molecule has 0 saturated heterocycles. The average Bonchev–Trinajstić information content (AvgIpc) is 3.17. The maximum absolute atomic E-state index is 12.3. The summed E-state index contributed by atoms with van der Waals surface area (Å²) < 4.78 is 1.77. The quantitative estimate of drug-likeness (QED) is 0.257. The van der Waals surface area contributed by atoms with Gasteiger partial charge in [0.1, 0.15) is 11.6 Å². The number of nitrogen functional groups attached to an aromatic ring is 1. The van der Waals surface area contributed by atoms with E-state index in [0.717, 1.165) is 16.7 Å². The molecule has 0 spiro atoms. The van der Waals surface area contributed by atoms with Gasteiger partial charge in [0, 0.05) is 23.1 Å². The number of hydrogen-bond donors (Lipinski definition) is 5. The first kappa shape index (κ1) is 21.6. The number of carbonyl (C=O) groups excluding carboxylic acids is 1. The molecule has 0 aliphatic carbocycles. The monoisotopic (exact) mass is 467 g/mol. The second-order valence-electron chi connectivity index (χ2n) is 7.63. The lowest BCUT2D eigenvalue weighted by atomic mass is 10.3. The number of anilines is 5. The molecule has 5 aromatic rings. The predicted molar refractivity (Wildman–Crippen MR) is 134 cm³/mol. The molecule has 11 nitrogen and oxygen atoms in total. The van der Waals surface area contributed by atoms with Crippen molar-refractivity contribution in [3.05, 3.63) is 78.6 Å². The summed E-state index contributed by atoms with van der Waals surface area (Å²) in [5.41, 5.74) is 9.22. The van der Waals surface area contributed by atoms with E-state index in [1.54, 1.807) is 47.9 Å². The fraction of sp³-hybridized carbons (Fsp3) is 0.0417. The number of urea groups is 1. The number of rotatable bonds is 5. The zero-order valence-electron chi connectivity index (χ0n) is 18.6. The fourth-order valence-corrected chi connectivity index (χ4v) is 3.54. The number of para-hydroxylation sites is 2. The van der Waals surface area contributed by atoms with Gasteiger partial charge in [0.2, 0.25) is 17.8 Å². The van der Waals surface area contributed by atoms with Crippen LogP contribution < -0.4 is 21.7 Å². The van der Waals surface area contributed by atoms with Crippen LogP contribution in [0.3, 0.4) is 0 Å². The molecular weight excluding hydrogens is 446 g/mol. The highest BCUT2D eigenvalue weighted by Gasteiger charge is 2.16. The molecule has 174 valence electrons. The van der Waals surface area contributed by atoms with E-state index in [1.165, 1.54) is 12.1 Å². The Morgan fingerprint density at radius 3 is 2.37 bits per heavy atom. The molecule has 0 aliphatic heterocycles. The number of phenolic OH excluding ortho intramolecular Hbond substituents is 1. The van der Waals surface area contributed by atoms with Gasteiger partial charge in [-0.05, 0) is 55.5 Å². The molecular formula is C24H21N9O2. The maximum Gasteiger partial charge on any atom is 0.323 e. The van der Waals surface area contributed by atoms with Crippen LogP contribution in [0.15, 0.2) is 72.8 Å². The Labute approximate surface area is 199 Å². The van der Waals surface area contributed by atoms with Crippen LogP contribution in [0.2, 0.25) is 0 Å². The van der Waals surface area contributed by atoms with Crippen LogP contribution in [0, 0.1) is 6.92 Å². The number of carbonyl (C=O) groups is 1. The summed E-state index contributed by atoms with van der Waals surface area (Å²) in [6.07, 6.45) is 0. The SMILES string of the molecule is Cc1nc(N)nc(-n2c(Nc3ccc(NC(=O)Nc4cccc(O)c4)cc3)nc3ccccc32)n1. The molecule has 11 heteroatoms. The van der Waals surface area contributed by atoms with Gasteiger partial charge in [-0.1, -0.05) is 18.2 Å². The van der Waals surface area contributed by atoms with Crippen molar-refractivity contribution in [2.75, 3.05) is 21.7 Å². The number of nitrogens with one attached hydrogen (secondary N) is 3. The Morgan fingerprint density at radius 1 is 0.857 bits per heavy atom. The van der Waals surface area contributed by atoms with Gasteiger partial charge in [-0.15, -0.1) is 0 Å². The van der Waals surface area contributed by atoms with E-state index >= 15 is 0 Å². The van der Waals surface area contributed by atoms with E-state index in [0.29, 0.717) is 29.1 Å². The molecule has 2 amide bonds. The van der Waals surface area contributed by atoms with E-state index < -0.39 is 6.03 Å². The third-order valence-corrected chi connectivity index (χ3v) is 5.02. The summed E-state index contributed by atoms with van der Waals surface area (Å²) in [5.74, 6) is 1.54. The van der Waals surface area contributed by atoms with E-state index in [1.807, 2.05) is 24.3 Å². The highest BCUT2D eigenvalue weighted by Crippen LogP contribution is 2.26. The summed E-state index contributed by atoms with van der Waals surface area (Å²) in [6, 6.07) is 20.6. The van der Waals surface area contributed by atoms with Crippen molar-refractivity contribution < 1.29 is 9.90 Å². The molecule has 0 bridgehead atoms. The summed E-state index contributed by atoms with van der Waals surface area (Å²) in [5, 5.41) is 18.2. The molecule has 6 N–H and O–H groups in total. The van der Waals surface area contributed by atoms with Gasteiger partial charge >= 0.3 is 6.03 Å². The molecule has 2 heterocycles. The highest BCUT2D eigenvalue weighted by atomic mass is 16.3. The van der Waals surface area contributed by atoms with Gasteiger partial charge in [0.15, 0.2) is 0 Å². The number of amides is 2. The van der Waals surface area contributed by atoms with Gasteiger partial charge in [-0.3, -0.25) is 0 Å². The first-order valence-electron chi connectivity index (χ1n) is 10.6. The van der Waals surface area contributed by atoms with Crippen LogP contribution in [0.1, 0.15) is 5.82 Å². The van der Waals surface area contributed by atoms with Crippen molar-refractivity contribution in [1.29, 1.82) is 0 Å². The van der Waals surface area contributed by atoms with Gasteiger partial charge < -0.3 is 26.8 Å². The van der Waals surface area contributed by atoms with Crippen molar-refractivity contribution >= 4 is 46.0 Å². The lowest BCUT2D eigenvalue weighted by Gasteiger charge is -2.11. The minimum Gasteiger partial charge on any atom is -0.508 e.